The van der Waals surface area contributed by atoms with Crippen LogP contribution in [0.5, 0.6) is 17.2 Å². The Morgan fingerprint density at radius 2 is 1.85 bits per heavy atom. The normalized spacial score (nSPS) is 15.3. The molecule has 0 spiro atoms. The summed E-state index contributed by atoms with van der Waals surface area (Å²) in [7, 11) is 1.64. The van der Waals surface area contributed by atoms with Crippen molar-refractivity contribution in [1.82, 2.24) is 9.80 Å². The zero-order chi connectivity index (χ0) is 23.5. The fourth-order valence-corrected chi connectivity index (χ4v) is 4.52. The quantitative estimate of drug-likeness (QED) is 0.560. The van der Waals surface area contributed by atoms with Crippen LogP contribution in [-0.4, -0.2) is 54.8 Å². The molecule has 1 saturated heterocycles. The zero-order valence-corrected chi connectivity index (χ0v) is 19.7. The fraction of sp³-hybridized carbons (Fsp3) is 0.286. The highest BCUT2D eigenvalue weighted by Gasteiger charge is 2.26. The van der Waals surface area contributed by atoms with Gasteiger partial charge in [0.05, 0.1) is 19.1 Å². The van der Waals surface area contributed by atoms with Crippen molar-refractivity contribution in [2.24, 2.45) is 4.99 Å². The van der Waals surface area contributed by atoms with Crippen molar-refractivity contribution in [3.05, 3.63) is 83.4 Å². The van der Waals surface area contributed by atoms with Crippen LogP contribution in [0, 0.1) is 6.92 Å². The van der Waals surface area contributed by atoms with Crippen LogP contribution in [0.2, 0.25) is 0 Å². The number of methoxy groups -OCH3 is 1. The van der Waals surface area contributed by atoms with Crippen LogP contribution in [0.1, 0.15) is 23.1 Å². The van der Waals surface area contributed by atoms with Crippen LogP contribution >= 0.6 is 0 Å². The number of ether oxygens (including phenoxy) is 2. The van der Waals surface area contributed by atoms with E-state index in [2.05, 4.69) is 24.0 Å². The molecule has 34 heavy (non-hydrogen) atoms. The number of rotatable bonds is 3. The van der Waals surface area contributed by atoms with Crippen molar-refractivity contribution in [2.45, 2.75) is 19.8 Å². The smallest absolute Gasteiger partial charge is 0.227 e. The first-order valence-corrected chi connectivity index (χ1v) is 11.7. The summed E-state index contributed by atoms with van der Waals surface area (Å²) in [5.74, 6) is 3.39. The van der Waals surface area contributed by atoms with Crippen molar-refractivity contribution in [1.29, 1.82) is 0 Å². The minimum absolute atomic E-state index is 0.141. The molecule has 3 aromatic carbocycles. The first-order chi connectivity index (χ1) is 16.6. The number of aryl methyl sites for hydroxylation is 1. The Morgan fingerprint density at radius 1 is 0.971 bits per heavy atom. The monoisotopic (exact) mass is 455 g/mol. The average molecular weight is 456 g/mol. The number of hydrogen-bond donors (Lipinski definition) is 0. The van der Waals surface area contributed by atoms with Crippen LogP contribution in [0.4, 0.5) is 5.69 Å². The summed E-state index contributed by atoms with van der Waals surface area (Å²) in [4.78, 5) is 22.4. The molecule has 0 atom stereocenters. The molecule has 3 aromatic rings. The number of amidine groups is 1. The maximum Gasteiger partial charge on any atom is 0.227 e. The highest BCUT2D eigenvalue weighted by Crippen LogP contribution is 2.38. The Balaban J connectivity index is 1.36. The van der Waals surface area contributed by atoms with Gasteiger partial charge < -0.3 is 19.3 Å². The Labute approximate surface area is 200 Å². The van der Waals surface area contributed by atoms with Gasteiger partial charge in [-0.25, -0.2) is 4.99 Å². The molecule has 0 bridgehead atoms. The van der Waals surface area contributed by atoms with Crippen molar-refractivity contribution >= 4 is 17.4 Å². The third-order valence-corrected chi connectivity index (χ3v) is 6.33. The van der Waals surface area contributed by atoms with Crippen LogP contribution in [0.15, 0.2) is 71.7 Å². The van der Waals surface area contributed by atoms with Crippen LogP contribution in [-0.2, 0) is 11.2 Å². The molecule has 0 saturated carbocycles. The molecule has 1 fully saturated rings. The third-order valence-electron chi connectivity index (χ3n) is 6.33. The summed E-state index contributed by atoms with van der Waals surface area (Å²) >= 11 is 0. The van der Waals surface area contributed by atoms with Crippen molar-refractivity contribution in [3.63, 3.8) is 0 Å². The number of fused-ring (bicyclic) bond motifs is 2. The molecular formula is C28H29N3O3. The minimum Gasteiger partial charge on any atom is -0.497 e. The molecule has 2 heterocycles. The van der Waals surface area contributed by atoms with Gasteiger partial charge >= 0.3 is 0 Å². The van der Waals surface area contributed by atoms with E-state index in [1.54, 1.807) is 7.11 Å². The molecule has 6 heteroatoms. The Morgan fingerprint density at radius 3 is 2.74 bits per heavy atom. The summed E-state index contributed by atoms with van der Waals surface area (Å²) < 4.78 is 11.6. The third kappa shape index (κ3) is 4.62. The molecule has 1 amide bonds. The maximum absolute atomic E-state index is 13.1. The van der Waals surface area contributed by atoms with Gasteiger partial charge in [-0.3, -0.25) is 4.79 Å². The van der Waals surface area contributed by atoms with E-state index in [-0.39, 0.29) is 5.91 Å². The number of nitrogens with zero attached hydrogens (tertiary/aromatic N) is 3. The van der Waals surface area contributed by atoms with Crippen molar-refractivity contribution < 1.29 is 14.3 Å². The number of aliphatic imine (C=N–C) groups is 1. The van der Waals surface area contributed by atoms with Gasteiger partial charge in [-0.2, -0.15) is 0 Å². The molecule has 2 aliphatic heterocycles. The Hall–Kier alpha value is -3.80. The predicted octanol–water partition coefficient (Wildman–Crippen LogP) is 4.96. The first kappa shape index (κ1) is 22.0. The molecule has 6 nitrogen and oxygen atoms in total. The standard InChI is InChI=1S/C28H29N3O3/c1-20-11-12-24-26(17-20)34-25-10-4-3-9-23(25)28(29-24)31-14-6-13-30(15-16-31)27(32)19-21-7-5-8-22(18-21)33-2/h3-5,7-12,17-18H,6,13-16,19H2,1-2H3. The number of hydrogen-bond acceptors (Lipinski definition) is 5. The highest BCUT2D eigenvalue weighted by molar-refractivity contribution is 6.03. The van der Waals surface area contributed by atoms with Gasteiger partial charge in [0.15, 0.2) is 5.75 Å². The van der Waals surface area contributed by atoms with Crippen LogP contribution < -0.4 is 9.47 Å². The molecule has 2 aliphatic rings. The second kappa shape index (κ2) is 9.59. The van der Waals surface area contributed by atoms with E-state index in [0.29, 0.717) is 13.0 Å². The van der Waals surface area contributed by atoms with E-state index in [4.69, 9.17) is 14.5 Å². The molecule has 0 unspecified atom stereocenters. The molecule has 0 aliphatic carbocycles. The van der Waals surface area contributed by atoms with Gasteiger partial charge in [0.2, 0.25) is 5.91 Å². The summed E-state index contributed by atoms with van der Waals surface area (Å²) in [5, 5.41) is 0. The SMILES string of the molecule is COc1cccc(CC(=O)N2CCCN(C3=Nc4ccc(C)cc4Oc4ccccc43)CC2)c1. The Kier molecular flexibility index (Phi) is 6.21. The summed E-state index contributed by atoms with van der Waals surface area (Å²) in [6.45, 7) is 5.00. The number of carbonyl (C=O) groups excluding carboxylic acids is 1. The van der Waals surface area contributed by atoms with Gasteiger partial charge in [0.25, 0.3) is 0 Å². The number of para-hydroxylation sites is 1. The fourth-order valence-electron chi connectivity index (χ4n) is 4.52. The van der Waals surface area contributed by atoms with E-state index in [9.17, 15) is 4.79 Å². The van der Waals surface area contributed by atoms with Gasteiger partial charge in [0, 0.05) is 26.2 Å². The molecule has 0 aromatic heterocycles. The van der Waals surface area contributed by atoms with Gasteiger partial charge in [-0.1, -0.05) is 30.3 Å². The van der Waals surface area contributed by atoms with E-state index in [0.717, 1.165) is 71.5 Å². The lowest BCUT2D eigenvalue weighted by atomic mass is 10.1. The van der Waals surface area contributed by atoms with Crippen molar-refractivity contribution in [3.8, 4) is 17.2 Å². The predicted molar refractivity (Wildman–Crippen MR) is 133 cm³/mol. The van der Waals surface area contributed by atoms with E-state index >= 15 is 0 Å². The van der Waals surface area contributed by atoms with Gasteiger partial charge in [-0.05, 0) is 60.9 Å². The molecule has 0 N–H and O–H groups in total. The van der Waals surface area contributed by atoms with E-state index < -0.39 is 0 Å². The topological polar surface area (TPSA) is 54.4 Å². The Bertz CT molecular complexity index is 1240. The number of amides is 1. The second-order valence-electron chi connectivity index (χ2n) is 8.75. The van der Waals surface area contributed by atoms with Gasteiger partial charge in [0.1, 0.15) is 23.0 Å². The van der Waals surface area contributed by atoms with E-state index in [1.165, 1.54) is 0 Å². The van der Waals surface area contributed by atoms with Crippen molar-refractivity contribution in [2.75, 3.05) is 33.3 Å². The average Bonchev–Trinajstić information content (AvgIpc) is 3.19. The number of benzene rings is 3. The summed E-state index contributed by atoms with van der Waals surface area (Å²) in [5.41, 5.74) is 3.91. The lowest BCUT2D eigenvalue weighted by Gasteiger charge is -2.25. The largest absolute Gasteiger partial charge is 0.497 e. The summed E-state index contributed by atoms with van der Waals surface area (Å²) in [6, 6.07) is 21.9. The molecular weight excluding hydrogens is 426 g/mol. The second-order valence-corrected chi connectivity index (χ2v) is 8.75. The maximum atomic E-state index is 13.1. The van der Waals surface area contributed by atoms with Crippen LogP contribution in [0.25, 0.3) is 0 Å². The zero-order valence-electron chi connectivity index (χ0n) is 19.7. The minimum atomic E-state index is 0.141. The molecule has 174 valence electrons. The molecule has 5 rings (SSSR count). The van der Waals surface area contributed by atoms with E-state index in [1.807, 2.05) is 59.5 Å². The lowest BCUT2D eigenvalue weighted by Crippen LogP contribution is -2.38. The molecule has 0 radical (unpaired) electrons. The lowest BCUT2D eigenvalue weighted by molar-refractivity contribution is -0.130. The first-order valence-electron chi connectivity index (χ1n) is 11.7. The van der Waals surface area contributed by atoms with Gasteiger partial charge in [-0.15, -0.1) is 0 Å². The highest BCUT2D eigenvalue weighted by atomic mass is 16.5. The number of carbonyl (C=O) groups is 1. The van der Waals surface area contributed by atoms with Crippen LogP contribution in [0.3, 0.4) is 0 Å². The summed E-state index contributed by atoms with van der Waals surface area (Å²) in [6.07, 6.45) is 1.26.